The van der Waals surface area contributed by atoms with Crippen LogP contribution in [0.25, 0.3) is 11.2 Å². The van der Waals surface area contributed by atoms with Crippen LogP contribution in [0, 0.1) is 0 Å². The first-order chi connectivity index (χ1) is 9.69. The minimum atomic E-state index is -0.386. The molecule has 0 atom stereocenters. The van der Waals surface area contributed by atoms with Crippen molar-refractivity contribution in [1.29, 1.82) is 0 Å². The average Bonchev–Trinajstić information content (AvgIpc) is 2.83. The smallest absolute Gasteiger partial charge is 0.330 e. The van der Waals surface area contributed by atoms with Crippen molar-refractivity contribution in [3.8, 4) is 0 Å². The minimum absolute atomic E-state index is 0.372. The van der Waals surface area contributed by atoms with Crippen molar-refractivity contribution in [2.75, 3.05) is 6.54 Å². The van der Waals surface area contributed by atoms with Crippen molar-refractivity contribution in [1.82, 2.24) is 19.1 Å². The third-order valence-electron chi connectivity index (χ3n) is 3.34. The average molecular weight is 279 g/mol. The van der Waals surface area contributed by atoms with Crippen LogP contribution in [-0.2, 0) is 13.1 Å². The minimum Gasteiger partial charge on any atom is -0.330 e. The molecule has 0 amide bonds. The number of imidazole rings is 1. The zero-order chi connectivity index (χ0) is 14.5. The molecule has 0 aromatic carbocycles. The zero-order valence-electron chi connectivity index (χ0n) is 11.8. The molecular weight excluding hydrogens is 258 g/mol. The van der Waals surface area contributed by atoms with Gasteiger partial charge in [-0.1, -0.05) is 13.3 Å². The second-order valence-corrected chi connectivity index (χ2v) is 4.87. The van der Waals surface area contributed by atoms with Gasteiger partial charge in [-0.2, -0.15) is 0 Å². The van der Waals surface area contributed by atoms with Crippen molar-refractivity contribution < 1.29 is 0 Å². The summed E-state index contributed by atoms with van der Waals surface area (Å²) in [5.41, 5.74) is 5.66. The first-order valence-electron chi connectivity index (χ1n) is 7.07. The molecule has 2 heterocycles. The zero-order valence-corrected chi connectivity index (χ0v) is 11.8. The summed E-state index contributed by atoms with van der Waals surface area (Å²) in [6.07, 6.45) is 5.26. The Morgan fingerprint density at radius 3 is 2.75 bits per heavy atom. The number of hydrogen-bond acceptors (Lipinski definition) is 4. The van der Waals surface area contributed by atoms with E-state index in [0.717, 1.165) is 25.7 Å². The number of unbranched alkanes of at least 4 members (excludes halogenated alkanes) is 2. The highest BCUT2D eigenvalue weighted by atomic mass is 16.2. The highest BCUT2D eigenvalue weighted by Gasteiger charge is 2.12. The molecule has 0 saturated carbocycles. The van der Waals surface area contributed by atoms with Crippen molar-refractivity contribution in [2.45, 2.75) is 45.7 Å². The van der Waals surface area contributed by atoms with Gasteiger partial charge < -0.3 is 10.3 Å². The van der Waals surface area contributed by atoms with Crippen LogP contribution in [0.2, 0.25) is 0 Å². The van der Waals surface area contributed by atoms with Crippen molar-refractivity contribution in [3.63, 3.8) is 0 Å². The summed E-state index contributed by atoms with van der Waals surface area (Å²) in [5.74, 6) is 0. The van der Waals surface area contributed by atoms with Crippen molar-refractivity contribution in [2.24, 2.45) is 5.73 Å². The normalized spacial score (nSPS) is 11.3. The van der Waals surface area contributed by atoms with E-state index in [9.17, 15) is 9.59 Å². The fourth-order valence-corrected chi connectivity index (χ4v) is 2.24. The molecule has 2 aromatic heterocycles. The van der Waals surface area contributed by atoms with Gasteiger partial charge in [-0.15, -0.1) is 0 Å². The van der Waals surface area contributed by atoms with Crippen LogP contribution in [0.4, 0.5) is 0 Å². The van der Waals surface area contributed by atoms with Gasteiger partial charge in [0, 0.05) is 13.1 Å². The molecule has 0 saturated heterocycles. The second kappa shape index (κ2) is 6.51. The Kier molecular flexibility index (Phi) is 4.73. The molecule has 7 nitrogen and oxygen atoms in total. The lowest BCUT2D eigenvalue weighted by Crippen LogP contribution is -2.31. The Bertz CT molecular complexity index is 682. The van der Waals surface area contributed by atoms with Crippen LogP contribution in [0.15, 0.2) is 15.9 Å². The Labute approximate surface area is 116 Å². The number of aryl methyl sites for hydroxylation is 2. The van der Waals surface area contributed by atoms with E-state index in [4.69, 9.17) is 5.73 Å². The van der Waals surface area contributed by atoms with E-state index in [1.54, 1.807) is 15.5 Å². The first-order valence-corrected chi connectivity index (χ1v) is 7.07. The standard InChI is InChI=1S/C13H21N5O2/c1-2-3-8-18-11-10(12(19)16-13(18)20)17(9-15-11)7-5-4-6-14/h9H,2-8,14H2,1H3,(H,16,19,20). The molecule has 0 fully saturated rings. The fourth-order valence-electron chi connectivity index (χ4n) is 2.24. The number of rotatable bonds is 7. The third-order valence-corrected chi connectivity index (χ3v) is 3.34. The van der Waals surface area contributed by atoms with Gasteiger partial charge in [-0.05, 0) is 25.8 Å². The molecule has 0 radical (unpaired) electrons. The monoisotopic (exact) mass is 279 g/mol. The van der Waals surface area contributed by atoms with Gasteiger partial charge in [-0.25, -0.2) is 9.78 Å². The quantitative estimate of drug-likeness (QED) is 0.718. The molecule has 20 heavy (non-hydrogen) atoms. The molecule has 2 aromatic rings. The van der Waals surface area contributed by atoms with Gasteiger partial charge in [0.2, 0.25) is 0 Å². The van der Waals surface area contributed by atoms with E-state index >= 15 is 0 Å². The summed E-state index contributed by atoms with van der Waals surface area (Å²) in [6, 6.07) is 0. The highest BCUT2D eigenvalue weighted by Crippen LogP contribution is 2.08. The molecule has 0 aliphatic heterocycles. The molecule has 0 unspecified atom stereocenters. The van der Waals surface area contributed by atoms with Crippen LogP contribution in [0.3, 0.4) is 0 Å². The number of H-pyrrole nitrogens is 1. The molecule has 2 rings (SSSR count). The van der Waals surface area contributed by atoms with E-state index in [0.29, 0.717) is 30.8 Å². The van der Waals surface area contributed by atoms with Crippen molar-refractivity contribution in [3.05, 3.63) is 27.2 Å². The summed E-state index contributed by atoms with van der Waals surface area (Å²) in [7, 11) is 0. The Morgan fingerprint density at radius 1 is 1.25 bits per heavy atom. The lowest BCUT2D eigenvalue weighted by Gasteiger charge is -2.06. The maximum absolute atomic E-state index is 12.0. The number of aromatic amines is 1. The van der Waals surface area contributed by atoms with Gasteiger partial charge in [0.15, 0.2) is 11.2 Å². The van der Waals surface area contributed by atoms with Crippen LogP contribution in [0.5, 0.6) is 0 Å². The number of nitrogens with zero attached hydrogens (tertiary/aromatic N) is 3. The first kappa shape index (κ1) is 14.5. The molecule has 110 valence electrons. The van der Waals surface area contributed by atoms with Gasteiger partial charge in [-0.3, -0.25) is 14.3 Å². The number of aromatic nitrogens is 4. The molecule has 0 spiro atoms. The summed E-state index contributed by atoms with van der Waals surface area (Å²) in [5, 5.41) is 0. The third kappa shape index (κ3) is 2.82. The molecular formula is C13H21N5O2. The SMILES string of the molecule is CCCCn1c(=O)[nH]c(=O)c2c1ncn2CCCCN. The Balaban J connectivity index is 2.44. The predicted molar refractivity (Wildman–Crippen MR) is 77.8 cm³/mol. The summed E-state index contributed by atoms with van der Waals surface area (Å²) in [4.78, 5) is 30.5. The number of nitrogens with two attached hydrogens (primary N) is 1. The molecule has 0 bridgehead atoms. The maximum atomic E-state index is 12.0. The predicted octanol–water partition coefficient (Wildman–Crippen LogP) is 0.425. The van der Waals surface area contributed by atoms with Gasteiger partial charge in [0.1, 0.15) is 0 Å². The molecule has 3 N–H and O–H groups in total. The van der Waals surface area contributed by atoms with E-state index < -0.39 is 0 Å². The van der Waals surface area contributed by atoms with E-state index in [-0.39, 0.29) is 11.2 Å². The van der Waals surface area contributed by atoms with Crippen LogP contribution in [0.1, 0.15) is 32.6 Å². The van der Waals surface area contributed by atoms with E-state index in [1.807, 2.05) is 0 Å². The highest BCUT2D eigenvalue weighted by molar-refractivity contribution is 5.69. The number of hydrogen-bond donors (Lipinski definition) is 2. The van der Waals surface area contributed by atoms with Crippen LogP contribution in [-0.4, -0.2) is 25.6 Å². The Hall–Kier alpha value is -1.89. The maximum Gasteiger partial charge on any atom is 0.330 e. The van der Waals surface area contributed by atoms with E-state index in [2.05, 4.69) is 16.9 Å². The second-order valence-electron chi connectivity index (χ2n) is 4.87. The lowest BCUT2D eigenvalue weighted by molar-refractivity contribution is 0.609. The van der Waals surface area contributed by atoms with Crippen LogP contribution < -0.4 is 17.0 Å². The number of fused-ring (bicyclic) bond motifs is 1. The largest absolute Gasteiger partial charge is 0.330 e. The molecule has 7 heteroatoms. The molecule has 0 aliphatic carbocycles. The van der Waals surface area contributed by atoms with E-state index in [1.165, 1.54) is 0 Å². The summed E-state index contributed by atoms with van der Waals surface area (Å²) >= 11 is 0. The summed E-state index contributed by atoms with van der Waals surface area (Å²) < 4.78 is 3.34. The van der Waals surface area contributed by atoms with Crippen molar-refractivity contribution >= 4 is 11.2 Å². The van der Waals surface area contributed by atoms with Gasteiger partial charge in [0.05, 0.1) is 6.33 Å². The Morgan fingerprint density at radius 2 is 2.05 bits per heavy atom. The molecule has 0 aliphatic rings. The number of nitrogens with one attached hydrogen (secondary N) is 1. The summed E-state index contributed by atoms with van der Waals surface area (Å²) in [6.45, 7) is 3.94. The topological polar surface area (TPSA) is 98.7 Å². The lowest BCUT2D eigenvalue weighted by atomic mass is 10.3. The van der Waals surface area contributed by atoms with Gasteiger partial charge >= 0.3 is 5.69 Å². The fraction of sp³-hybridized carbons (Fsp3) is 0.615. The van der Waals surface area contributed by atoms with Crippen LogP contribution >= 0.6 is 0 Å². The van der Waals surface area contributed by atoms with Gasteiger partial charge in [0.25, 0.3) is 5.56 Å².